The standard InChI is InChI=1S/C39H39ClF3N9O5/c1-23-19-38(10-12-49(13-11-38)35(55)31-33(24(2)44-22-45-31)57-21-25-6-4-3-5-7-25)30-32(23)51(20-29(53)46-28-9-8-26(18-27(28)40)39(41,42)43)37-47-36(48-52(37)34(30)54)50-14-16-56-17-15-50/h3-9,18,22-23H,10-17,19-21H2,1-2H3,(H,46,53)/t23-/m0/s1. The number of morpholine rings is 1. The Balaban J connectivity index is 1.10. The molecular weight excluding hydrogens is 767 g/mol. The third kappa shape index (κ3) is 7.29. The fourth-order valence-electron chi connectivity index (χ4n) is 8.30. The number of fused-ring (bicyclic) bond motifs is 3. The van der Waals surface area contributed by atoms with Gasteiger partial charge in [0.2, 0.25) is 17.6 Å². The molecule has 0 bridgehead atoms. The van der Waals surface area contributed by atoms with Crippen molar-refractivity contribution in [2.24, 2.45) is 0 Å². The molecule has 298 valence electrons. The van der Waals surface area contributed by atoms with Crippen molar-refractivity contribution in [1.82, 2.24) is 34.0 Å². The molecule has 1 aliphatic carbocycles. The number of aromatic nitrogens is 6. The van der Waals surface area contributed by atoms with Crippen LogP contribution in [0.1, 0.15) is 70.7 Å². The number of rotatable bonds is 8. The van der Waals surface area contributed by atoms with E-state index in [2.05, 4.69) is 20.4 Å². The summed E-state index contributed by atoms with van der Waals surface area (Å²) >= 11 is 6.19. The number of ether oxygens (including phenoxy) is 2. The zero-order valence-electron chi connectivity index (χ0n) is 31.2. The summed E-state index contributed by atoms with van der Waals surface area (Å²) in [5.41, 5.74) is 0.840. The van der Waals surface area contributed by atoms with E-state index in [-0.39, 0.29) is 52.7 Å². The predicted octanol–water partition coefficient (Wildman–Crippen LogP) is 5.40. The minimum atomic E-state index is -4.61. The van der Waals surface area contributed by atoms with Crippen molar-refractivity contribution in [1.29, 1.82) is 0 Å². The van der Waals surface area contributed by atoms with E-state index in [0.29, 0.717) is 87.3 Å². The van der Waals surface area contributed by atoms with Crippen LogP contribution in [0.4, 0.5) is 24.8 Å². The quantitative estimate of drug-likeness (QED) is 0.216. The van der Waals surface area contributed by atoms with E-state index < -0.39 is 23.1 Å². The van der Waals surface area contributed by atoms with Crippen molar-refractivity contribution in [2.45, 2.75) is 63.8 Å². The fourth-order valence-corrected chi connectivity index (χ4v) is 8.52. The van der Waals surface area contributed by atoms with E-state index in [1.165, 1.54) is 10.8 Å². The number of benzene rings is 2. The molecule has 2 aliphatic heterocycles. The molecular formula is C39H39ClF3N9O5. The number of piperidine rings is 1. The minimum absolute atomic E-state index is 0.00733. The molecule has 3 aliphatic rings. The van der Waals surface area contributed by atoms with E-state index in [4.69, 9.17) is 26.1 Å². The average Bonchev–Trinajstić information content (AvgIpc) is 3.77. The van der Waals surface area contributed by atoms with E-state index in [1.807, 2.05) is 42.2 Å². The van der Waals surface area contributed by atoms with Crippen molar-refractivity contribution in [2.75, 3.05) is 49.6 Å². The van der Waals surface area contributed by atoms with Gasteiger partial charge < -0.3 is 29.2 Å². The van der Waals surface area contributed by atoms with Crippen molar-refractivity contribution in [3.63, 3.8) is 0 Å². The Kier molecular flexibility index (Phi) is 10.1. The zero-order chi connectivity index (χ0) is 40.1. The van der Waals surface area contributed by atoms with E-state index in [0.717, 1.165) is 23.8 Å². The fraction of sp³-hybridized carbons (Fsp3) is 0.410. The summed E-state index contributed by atoms with van der Waals surface area (Å²) in [6.07, 6.45) is -1.77. The summed E-state index contributed by atoms with van der Waals surface area (Å²) < 4.78 is 54.4. The molecule has 2 aromatic carbocycles. The zero-order valence-corrected chi connectivity index (χ0v) is 31.9. The molecule has 8 rings (SSSR count). The van der Waals surface area contributed by atoms with E-state index in [1.54, 1.807) is 16.4 Å². The Morgan fingerprint density at radius 3 is 2.49 bits per heavy atom. The highest BCUT2D eigenvalue weighted by molar-refractivity contribution is 6.33. The average molecular weight is 806 g/mol. The van der Waals surface area contributed by atoms with E-state index in [9.17, 15) is 27.6 Å². The maximum Gasteiger partial charge on any atom is 0.416 e. The van der Waals surface area contributed by atoms with Crippen LogP contribution in [0.3, 0.4) is 0 Å². The number of alkyl halides is 3. The van der Waals surface area contributed by atoms with Crippen LogP contribution in [0.2, 0.25) is 5.02 Å². The van der Waals surface area contributed by atoms with Gasteiger partial charge in [-0.05, 0) is 55.9 Å². The molecule has 0 unspecified atom stereocenters. The first-order chi connectivity index (χ1) is 27.3. The predicted molar refractivity (Wildman–Crippen MR) is 203 cm³/mol. The van der Waals surface area contributed by atoms with Crippen molar-refractivity contribution < 1.29 is 32.2 Å². The molecule has 1 atom stereocenters. The molecule has 0 radical (unpaired) electrons. The molecule has 0 saturated carbocycles. The molecule has 1 N–H and O–H groups in total. The topological polar surface area (TPSA) is 149 Å². The lowest BCUT2D eigenvalue weighted by molar-refractivity contribution is -0.137. The van der Waals surface area contributed by atoms with Gasteiger partial charge in [-0.15, -0.1) is 5.10 Å². The van der Waals surface area contributed by atoms with Gasteiger partial charge >= 0.3 is 6.18 Å². The van der Waals surface area contributed by atoms with Crippen molar-refractivity contribution in [3.05, 3.63) is 104 Å². The van der Waals surface area contributed by atoms with Crippen LogP contribution in [0, 0.1) is 6.92 Å². The van der Waals surface area contributed by atoms with Gasteiger partial charge in [-0.2, -0.15) is 22.7 Å². The summed E-state index contributed by atoms with van der Waals surface area (Å²) in [5, 5.41) is 7.01. The number of anilines is 2. The van der Waals surface area contributed by atoms with E-state index >= 15 is 0 Å². The molecule has 14 nitrogen and oxygen atoms in total. The number of carbonyl (C=O) groups is 2. The molecule has 5 heterocycles. The number of carbonyl (C=O) groups excluding carboxylic acids is 2. The Morgan fingerprint density at radius 2 is 1.79 bits per heavy atom. The minimum Gasteiger partial charge on any atom is -0.485 e. The van der Waals surface area contributed by atoms with Gasteiger partial charge in [0, 0.05) is 42.9 Å². The molecule has 2 amide bonds. The van der Waals surface area contributed by atoms with Gasteiger partial charge in [-0.1, -0.05) is 48.9 Å². The smallest absolute Gasteiger partial charge is 0.416 e. The van der Waals surface area contributed by atoms with Crippen LogP contribution in [-0.4, -0.2) is 85.2 Å². The lowest BCUT2D eigenvalue weighted by atomic mass is 9.73. The number of hydrogen-bond acceptors (Lipinski definition) is 10. The molecule has 5 aromatic rings. The van der Waals surface area contributed by atoms with Crippen LogP contribution in [0.5, 0.6) is 5.75 Å². The molecule has 1 spiro atoms. The highest BCUT2D eigenvalue weighted by Gasteiger charge is 2.49. The van der Waals surface area contributed by atoms with Crippen LogP contribution in [-0.2, 0) is 34.3 Å². The highest BCUT2D eigenvalue weighted by Crippen LogP contribution is 2.50. The Morgan fingerprint density at radius 1 is 1.05 bits per heavy atom. The summed E-state index contributed by atoms with van der Waals surface area (Å²) in [4.78, 5) is 59.4. The largest absolute Gasteiger partial charge is 0.485 e. The Hall–Kier alpha value is -5.55. The number of nitrogens with one attached hydrogen (secondary N) is 1. The highest BCUT2D eigenvalue weighted by atomic mass is 35.5. The maximum atomic E-state index is 14.6. The summed E-state index contributed by atoms with van der Waals surface area (Å²) in [6.45, 7) is 6.24. The second-order valence-electron chi connectivity index (χ2n) is 14.7. The summed E-state index contributed by atoms with van der Waals surface area (Å²) in [6, 6.07) is 12.3. The number of amides is 2. The first-order valence-corrected chi connectivity index (χ1v) is 19.0. The normalized spacial score (nSPS) is 17.9. The van der Waals surface area contributed by atoms with Crippen LogP contribution in [0.25, 0.3) is 5.78 Å². The summed E-state index contributed by atoms with van der Waals surface area (Å²) in [7, 11) is 0. The monoisotopic (exact) mass is 805 g/mol. The van der Waals surface area contributed by atoms with Gasteiger partial charge in [-0.3, -0.25) is 14.4 Å². The molecule has 57 heavy (non-hydrogen) atoms. The first-order valence-electron chi connectivity index (χ1n) is 18.6. The van der Waals surface area contributed by atoms with Gasteiger partial charge in [0.25, 0.3) is 11.5 Å². The first kappa shape index (κ1) is 38.3. The number of hydrogen-bond donors (Lipinski definition) is 1. The van der Waals surface area contributed by atoms with Gasteiger partial charge in [0.15, 0.2) is 11.4 Å². The second-order valence-corrected chi connectivity index (χ2v) is 15.1. The number of halogens is 4. The molecule has 18 heteroatoms. The summed E-state index contributed by atoms with van der Waals surface area (Å²) in [5.74, 6) is -0.302. The van der Waals surface area contributed by atoms with Gasteiger partial charge in [-0.25, -0.2) is 9.97 Å². The molecule has 3 aromatic heterocycles. The Bertz CT molecular complexity index is 2410. The number of nitrogens with zero attached hydrogens (tertiary/aromatic N) is 8. The Labute approximate surface area is 329 Å². The lowest BCUT2D eigenvalue weighted by Gasteiger charge is -2.39. The third-order valence-electron chi connectivity index (χ3n) is 11.1. The third-order valence-corrected chi connectivity index (χ3v) is 11.4. The van der Waals surface area contributed by atoms with Crippen molar-refractivity contribution >= 4 is 40.8 Å². The molecule has 2 saturated heterocycles. The molecule has 2 fully saturated rings. The van der Waals surface area contributed by atoms with Crippen LogP contribution < -0.4 is 20.5 Å². The van der Waals surface area contributed by atoms with Crippen LogP contribution in [0.15, 0.2) is 59.7 Å². The SMILES string of the molecule is Cc1ncnc(C(=O)N2CCC3(CC2)C[C@H](C)c2c3c(=O)n3nc(N4CCOCC4)nc3n2CC(=O)Nc2ccc(C(F)(F)F)cc2Cl)c1OCc1ccccc1. The van der Waals surface area contributed by atoms with Gasteiger partial charge in [0.1, 0.15) is 19.5 Å². The van der Waals surface area contributed by atoms with Gasteiger partial charge in [0.05, 0.1) is 35.2 Å². The van der Waals surface area contributed by atoms with Crippen LogP contribution >= 0.6 is 11.6 Å². The maximum absolute atomic E-state index is 14.6. The van der Waals surface area contributed by atoms with Crippen molar-refractivity contribution in [3.8, 4) is 5.75 Å². The number of aryl methyl sites for hydroxylation is 1. The number of likely N-dealkylation sites (tertiary alicyclic amines) is 1. The second kappa shape index (κ2) is 15.1. The lowest BCUT2D eigenvalue weighted by Crippen LogP contribution is -2.47.